The van der Waals surface area contributed by atoms with E-state index in [9.17, 15) is 9.59 Å². The number of primary amides is 1. The molecule has 0 atom stereocenters. The molecule has 0 aromatic rings. The van der Waals surface area contributed by atoms with Crippen LogP contribution in [0.25, 0.3) is 0 Å². The molecule has 1 fully saturated rings. The fourth-order valence-corrected chi connectivity index (χ4v) is 0.508. The molecule has 6 nitrogen and oxygen atoms in total. The lowest BCUT2D eigenvalue weighted by Crippen LogP contribution is -2.18. The van der Waals surface area contributed by atoms with Crippen LogP contribution in [0.5, 0.6) is 0 Å². The molecule has 0 aliphatic carbocycles. The molecule has 0 spiro atoms. The van der Waals surface area contributed by atoms with Crippen LogP contribution in [0.4, 0.5) is 4.79 Å². The highest BCUT2D eigenvalue weighted by Crippen LogP contribution is 1.95. The largest absolute Gasteiger partial charge is 0.465 e. The Labute approximate surface area is 84.0 Å². The Morgan fingerprint density at radius 2 is 1.64 bits per heavy atom. The summed E-state index contributed by atoms with van der Waals surface area (Å²) in [4.78, 5) is 29.0. The van der Waals surface area contributed by atoms with Crippen LogP contribution in [-0.2, 0) is 9.59 Å². The van der Waals surface area contributed by atoms with E-state index in [1.807, 2.05) is 0 Å². The second kappa shape index (κ2) is 9.50. The molecular weight excluding hydrogens is 188 g/mol. The molecule has 1 saturated heterocycles. The number of nitrogens with two attached hydrogens (primary N) is 1. The lowest BCUT2D eigenvalue weighted by atomic mass is 10.4. The van der Waals surface area contributed by atoms with Crippen molar-refractivity contribution in [1.29, 1.82) is 0 Å². The summed E-state index contributed by atoms with van der Waals surface area (Å²) in [6.45, 7) is 4.25. The maximum absolute atomic E-state index is 10.1. The van der Waals surface area contributed by atoms with Crippen LogP contribution in [0.15, 0.2) is 0 Å². The molecular formula is C8H18N2O4. The normalized spacial score (nSPS) is 13.0. The van der Waals surface area contributed by atoms with E-state index in [0.717, 1.165) is 0 Å². The third-order valence-electron chi connectivity index (χ3n) is 0.858. The van der Waals surface area contributed by atoms with E-state index in [1.165, 1.54) is 6.42 Å². The Hall–Kier alpha value is -1.59. The zero-order chi connectivity index (χ0) is 11.6. The van der Waals surface area contributed by atoms with Gasteiger partial charge in [-0.1, -0.05) is 20.3 Å². The molecule has 1 heterocycles. The van der Waals surface area contributed by atoms with Gasteiger partial charge in [0.2, 0.25) is 11.8 Å². The van der Waals surface area contributed by atoms with E-state index in [-0.39, 0.29) is 13.2 Å². The summed E-state index contributed by atoms with van der Waals surface area (Å²) >= 11 is 0. The highest BCUT2D eigenvalue weighted by molar-refractivity contribution is 6.01. The number of hydrogen-bond acceptors (Lipinski definition) is 3. The number of amides is 3. The van der Waals surface area contributed by atoms with Crippen molar-refractivity contribution in [2.75, 3.05) is 0 Å². The standard InChI is InChI=1S/C4H5NO2.C3H8.CH3NO2.H2/c6-3-1-2-4(7)5-3;1-3-2;2-1(3)4;/h1-2H2,(H,5,6,7);3H2,1-2H3;2H2,(H,3,4);1H. The minimum Gasteiger partial charge on any atom is -0.465 e. The van der Waals surface area contributed by atoms with Gasteiger partial charge in [-0.25, -0.2) is 4.79 Å². The van der Waals surface area contributed by atoms with Gasteiger partial charge in [-0.15, -0.1) is 0 Å². The van der Waals surface area contributed by atoms with Gasteiger partial charge >= 0.3 is 6.09 Å². The molecule has 0 aromatic heterocycles. The minimum atomic E-state index is -1.33. The first-order chi connectivity index (χ1) is 6.43. The molecule has 0 bridgehead atoms. The molecule has 0 unspecified atom stereocenters. The first-order valence-electron chi connectivity index (χ1n) is 4.25. The smallest absolute Gasteiger partial charge is 0.402 e. The Morgan fingerprint density at radius 3 is 1.71 bits per heavy atom. The Kier molecular flexibility index (Phi) is 10.1. The van der Waals surface area contributed by atoms with Gasteiger partial charge in [0.1, 0.15) is 0 Å². The van der Waals surface area contributed by atoms with Gasteiger partial charge in [0.25, 0.3) is 0 Å². The number of carbonyl (C=O) groups is 3. The zero-order valence-corrected chi connectivity index (χ0v) is 8.37. The lowest BCUT2D eigenvalue weighted by molar-refractivity contribution is -0.124. The maximum Gasteiger partial charge on any atom is 0.402 e. The van der Waals surface area contributed by atoms with Crippen molar-refractivity contribution in [2.24, 2.45) is 5.73 Å². The Bertz CT molecular complexity index is 191. The number of rotatable bonds is 0. The number of hydrogen-bond donors (Lipinski definition) is 3. The predicted octanol–water partition coefficient (Wildman–Crippen LogP) is 0.708. The van der Waals surface area contributed by atoms with E-state index in [0.29, 0.717) is 12.8 Å². The van der Waals surface area contributed by atoms with Crippen LogP contribution in [0.3, 0.4) is 0 Å². The molecule has 0 radical (unpaired) electrons. The van der Waals surface area contributed by atoms with Gasteiger partial charge in [-0.2, -0.15) is 0 Å². The van der Waals surface area contributed by atoms with Crippen molar-refractivity contribution < 1.29 is 20.9 Å². The van der Waals surface area contributed by atoms with Crippen LogP contribution in [0.1, 0.15) is 34.5 Å². The summed E-state index contributed by atoms with van der Waals surface area (Å²) in [6.07, 6.45) is 0.664. The molecule has 0 saturated carbocycles. The maximum atomic E-state index is 10.1. The molecule has 4 N–H and O–H groups in total. The van der Waals surface area contributed by atoms with Gasteiger partial charge < -0.3 is 10.8 Å². The number of carbonyl (C=O) groups excluding carboxylic acids is 2. The van der Waals surface area contributed by atoms with Crippen molar-refractivity contribution in [3.8, 4) is 0 Å². The topological polar surface area (TPSA) is 109 Å². The van der Waals surface area contributed by atoms with Crippen molar-refractivity contribution in [3.05, 3.63) is 0 Å². The van der Waals surface area contributed by atoms with Crippen LogP contribution >= 0.6 is 0 Å². The second-order valence-electron chi connectivity index (χ2n) is 2.52. The van der Waals surface area contributed by atoms with Crippen LogP contribution in [0.2, 0.25) is 0 Å². The molecule has 6 heteroatoms. The first-order valence-corrected chi connectivity index (χ1v) is 4.25. The Morgan fingerprint density at radius 1 is 1.43 bits per heavy atom. The van der Waals surface area contributed by atoms with E-state index >= 15 is 0 Å². The fraction of sp³-hybridized carbons (Fsp3) is 0.625. The second-order valence-corrected chi connectivity index (χ2v) is 2.52. The van der Waals surface area contributed by atoms with Crippen LogP contribution < -0.4 is 11.1 Å². The van der Waals surface area contributed by atoms with Crippen molar-refractivity contribution >= 4 is 17.9 Å². The summed E-state index contributed by atoms with van der Waals surface area (Å²) in [7, 11) is 0. The molecule has 0 aromatic carbocycles. The van der Waals surface area contributed by atoms with Crippen LogP contribution in [-0.4, -0.2) is 23.0 Å². The fourth-order valence-electron chi connectivity index (χ4n) is 0.508. The molecule has 1 aliphatic rings. The van der Waals surface area contributed by atoms with Gasteiger partial charge in [0, 0.05) is 14.3 Å². The zero-order valence-electron chi connectivity index (χ0n) is 8.37. The Balaban J connectivity index is -0.000000158. The summed E-state index contributed by atoms with van der Waals surface area (Å²) in [5.41, 5.74) is 4.03. The lowest BCUT2D eigenvalue weighted by Gasteiger charge is -1.79. The molecule has 3 amide bonds. The van der Waals surface area contributed by atoms with Gasteiger partial charge in [0.15, 0.2) is 0 Å². The van der Waals surface area contributed by atoms with Crippen molar-refractivity contribution in [1.82, 2.24) is 5.32 Å². The van der Waals surface area contributed by atoms with E-state index < -0.39 is 6.09 Å². The van der Waals surface area contributed by atoms with E-state index in [2.05, 4.69) is 24.9 Å². The third kappa shape index (κ3) is 16.8. The van der Waals surface area contributed by atoms with Gasteiger partial charge in [0.05, 0.1) is 0 Å². The molecule has 1 rings (SSSR count). The minimum absolute atomic E-state index is 0. The van der Waals surface area contributed by atoms with E-state index in [1.54, 1.807) is 0 Å². The average Bonchev–Trinajstić information content (AvgIpc) is 2.34. The number of nitrogens with one attached hydrogen (secondary N) is 1. The summed E-state index contributed by atoms with van der Waals surface area (Å²) < 4.78 is 0. The van der Waals surface area contributed by atoms with Gasteiger partial charge in [-0.05, 0) is 0 Å². The molecule has 84 valence electrons. The molecule has 14 heavy (non-hydrogen) atoms. The predicted molar refractivity (Wildman–Crippen MR) is 52.7 cm³/mol. The SMILES string of the molecule is CCC.NC(=O)O.O=C1CCC(=O)N1.[HH]. The third-order valence-corrected chi connectivity index (χ3v) is 0.858. The van der Waals surface area contributed by atoms with Crippen molar-refractivity contribution in [2.45, 2.75) is 33.1 Å². The quantitative estimate of drug-likeness (QED) is 0.507. The number of imide groups is 1. The average molecular weight is 206 g/mol. The highest BCUT2D eigenvalue weighted by Gasteiger charge is 2.15. The van der Waals surface area contributed by atoms with Gasteiger partial charge in [-0.3, -0.25) is 14.9 Å². The summed E-state index contributed by atoms with van der Waals surface area (Å²) in [5.74, 6) is -0.296. The highest BCUT2D eigenvalue weighted by atomic mass is 16.4. The summed E-state index contributed by atoms with van der Waals surface area (Å²) in [6, 6.07) is 0. The first kappa shape index (κ1) is 14.9. The van der Waals surface area contributed by atoms with E-state index in [4.69, 9.17) is 9.90 Å². The monoisotopic (exact) mass is 206 g/mol. The summed E-state index contributed by atoms with van der Waals surface area (Å²) in [5, 5.41) is 9.33. The van der Waals surface area contributed by atoms with Crippen LogP contribution in [0, 0.1) is 0 Å². The number of carboxylic acid groups (broad SMARTS) is 1. The molecule has 1 aliphatic heterocycles. The van der Waals surface area contributed by atoms with Crippen molar-refractivity contribution in [3.63, 3.8) is 0 Å².